The normalized spacial score (nSPS) is 13.7. The number of ether oxygens (including phenoxy) is 1. The number of amides is 1. The largest absolute Gasteiger partial charge is 0.497 e. The van der Waals surface area contributed by atoms with Gasteiger partial charge in [0.1, 0.15) is 5.75 Å². The number of hydrogen-bond acceptors (Lipinski definition) is 4. The summed E-state index contributed by atoms with van der Waals surface area (Å²) in [5, 5.41) is 8.63. The summed E-state index contributed by atoms with van der Waals surface area (Å²) in [6, 6.07) is 4.65. The van der Waals surface area contributed by atoms with E-state index in [0.717, 1.165) is 0 Å². The Hall–Kier alpha value is -2.37. The second-order valence-electron chi connectivity index (χ2n) is 3.81. The minimum Gasteiger partial charge on any atom is -0.497 e. The summed E-state index contributed by atoms with van der Waals surface area (Å²) in [7, 11) is 1.47. The highest BCUT2D eigenvalue weighted by molar-refractivity contribution is 6.52. The molecule has 1 N–H and O–H groups in total. The third-order valence-corrected chi connectivity index (χ3v) is 2.73. The van der Waals surface area contributed by atoms with Crippen LogP contribution in [0.3, 0.4) is 0 Å². The second kappa shape index (κ2) is 4.48. The number of carbonyl (C=O) groups excluding carboxylic acids is 2. The zero-order chi connectivity index (χ0) is 13.3. The van der Waals surface area contributed by atoms with Crippen molar-refractivity contribution >= 4 is 23.3 Å². The molecule has 0 saturated carbocycles. The maximum Gasteiger partial charge on any atom is 0.305 e. The summed E-state index contributed by atoms with van der Waals surface area (Å²) in [4.78, 5) is 35.1. The van der Waals surface area contributed by atoms with Crippen LogP contribution in [0.25, 0.3) is 0 Å². The zero-order valence-electron chi connectivity index (χ0n) is 9.67. The monoisotopic (exact) mass is 249 g/mol. The minimum atomic E-state index is -1.02. The number of carbonyl (C=O) groups is 3. The van der Waals surface area contributed by atoms with Crippen LogP contribution in [-0.2, 0) is 9.59 Å². The number of carboxylic acids is 1. The Morgan fingerprint density at radius 1 is 1.39 bits per heavy atom. The van der Waals surface area contributed by atoms with E-state index in [1.54, 1.807) is 12.1 Å². The van der Waals surface area contributed by atoms with Gasteiger partial charge in [0, 0.05) is 12.6 Å². The molecule has 1 aromatic carbocycles. The molecule has 1 aliphatic heterocycles. The lowest BCUT2D eigenvalue weighted by Crippen LogP contribution is -2.31. The maximum absolute atomic E-state index is 11.7. The maximum atomic E-state index is 11.7. The summed E-state index contributed by atoms with van der Waals surface area (Å²) in [6.45, 7) is -0.0277. The molecule has 94 valence electrons. The summed E-state index contributed by atoms with van der Waals surface area (Å²) in [5.74, 6) is -1.82. The molecule has 0 spiro atoms. The Labute approximate surface area is 103 Å². The lowest BCUT2D eigenvalue weighted by Gasteiger charge is -2.15. The van der Waals surface area contributed by atoms with E-state index in [1.165, 1.54) is 18.1 Å². The molecule has 0 aromatic heterocycles. The average Bonchev–Trinajstić information content (AvgIpc) is 2.59. The van der Waals surface area contributed by atoms with Crippen molar-refractivity contribution in [3.05, 3.63) is 23.8 Å². The number of hydrogen-bond donors (Lipinski definition) is 1. The lowest BCUT2D eigenvalue weighted by molar-refractivity contribution is -0.136. The van der Waals surface area contributed by atoms with E-state index < -0.39 is 17.7 Å². The number of methoxy groups -OCH3 is 1. The van der Waals surface area contributed by atoms with Crippen LogP contribution in [0.15, 0.2) is 18.2 Å². The first-order valence-electron chi connectivity index (χ1n) is 5.30. The van der Waals surface area contributed by atoms with Crippen molar-refractivity contribution in [3.63, 3.8) is 0 Å². The van der Waals surface area contributed by atoms with E-state index >= 15 is 0 Å². The second-order valence-corrected chi connectivity index (χ2v) is 3.81. The molecule has 1 aliphatic rings. The van der Waals surface area contributed by atoms with Gasteiger partial charge in [0.05, 0.1) is 24.8 Å². The summed E-state index contributed by atoms with van der Waals surface area (Å²) < 4.78 is 5.02. The Kier molecular flexibility index (Phi) is 3.01. The number of Topliss-reactive ketones (excluding diaryl/α,β-unsaturated/α-hetero) is 1. The number of fused-ring (bicyclic) bond motifs is 1. The quantitative estimate of drug-likeness (QED) is 0.794. The van der Waals surface area contributed by atoms with E-state index in [1.807, 2.05) is 0 Å². The summed E-state index contributed by atoms with van der Waals surface area (Å²) in [5.41, 5.74) is 0.691. The van der Waals surface area contributed by atoms with Crippen molar-refractivity contribution in [3.8, 4) is 5.75 Å². The average molecular weight is 249 g/mol. The molecule has 0 atom stereocenters. The predicted octanol–water partition coefficient (Wildman–Crippen LogP) is 0.699. The molecule has 1 aromatic rings. The fourth-order valence-electron chi connectivity index (χ4n) is 1.83. The highest BCUT2D eigenvalue weighted by atomic mass is 16.5. The highest BCUT2D eigenvalue weighted by Crippen LogP contribution is 2.32. The Morgan fingerprint density at radius 2 is 2.11 bits per heavy atom. The van der Waals surface area contributed by atoms with E-state index in [9.17, 15) is 14.4 Å². The van der Waals surface area contributed by atoms with Crippen LogP contribution in [0.5, 0.6) is 5.75 Å². The number of ketones is 1. The third kappa shape index (κ3) is 1.92. The SMILES string of the molecule is COc1ccc2c(c1)N(CCC(=O)O)C(=O)C2=O. The molecule has 1 heterocycles. The topological polar surface area (TPSA) is 83.9 Å². The summed E-state index contributed by atoms with van der Waals surface area (Å²) in [6.07, 6.45) is -0.213. The highest BCUT2D eigenvalue weighted by Gasteiger charge is 2.35. The Balaban J connectivity index is 2.36. The van der Waals surface area contributed by atoms with Crippen molar-refractivity contribution in [2.24, 2.45) is 0 Å². The lowest BCUT2D eigenvalue weighted by atomic mass is 10.1. The molecule has 0 saturated heterocycles. The van der Waals surface area contributed by atoms with Crippen molar-refractivity contribution in [1.82, 2.24) is 0 Å². The number of nitrogens with zero attached hydrogens (tertiary/aromatic N) is 1. The number of aliphatic carboxylic acids is 1. The van der Waals surface area contributed by atoms with E-state index in [-0.39, 0.29) is 18.5 Å². The molecule has 1 amide bonds. The molecular formula is C12H11NO5. The molecule has 18 heavy (non-hydrogen) atoms. The number of rotatable bonds is 4. The molecule has 0 bridgehead atoms. The van der Waals surface area contributed by atoms with Crippen LogP contribution in [0.2, 0.25) is 0 Å². The van der Waals surface area contributed by atoms with Crippen LogP contribution in [-0.4, -0.2) is 36.4 Å². The van der Waals surface area contributed by atoms with Crippen LogP contribution in [0, 0.1) is 0 Å². The van der Waals surface area contributed by atoms with Gasteiger partial charge >= 0.3 is 5.97 Å². The van der Waals surface area contributed by atoms with Gasteiger partial charge in [-0.15, -0.1) is 0 Å². The van der Waals surface area contributed by atoms with Crippen LogP contribution < -0.4 is 9.64 Å². The zero-order valence-corrected chi connectivity index (χ0v) is 9.67. The summed E-state index contributed by atoms with van der Waals surface area (Å²) >= 11 is 0. The van der Waals surface area contributed by atoms with Crippen LogP contribution in [0.4, 0.5) is 5.69 Å². The molecule has 6 nitrogen and oxygen atoms in total. The van der Waals surface area contributed by atoms with E-state index in [0.29, 0.717) is 11.4 Å². The molecule has 2 rings (SSSR count). The van der Waals surface area contributed by atoms with Gasteiger partial charge in [-0.25, -0.2) is 0 Å². The first-order valence-corrected chi connectivity index (χ1v) is 5.30. The van der Waals surface area contributed by atoms with Gasteiger partial charge in [0.15, 0.2) is 0 Å². The van der Waals surface area contributed by atoms with Gasteiger partial charge in [-0.3, -0.25) is 14.4 Å². The first-order chi connectivity index (χ1) is 8.54. The van der Waals surface area contributed by atoms with Gasteiger partial charge in [-0.1, -0.05) is 0 Å². The third-order valence-electron chi connectivity index (χ3n) is 2.73. The number of benzene rings is 1. The van der Waals surface area contributed by atoms with Gasteiger partial charge in [-0.2, -0.15) is 0 Å². The molecule has 0 radical (unpaired) electrons. The van der Waals surface area contributed by atoms with Gasteiger partial charge < -0.3 is 14.7 Å². The standard InChI is InChI=1S/C12H11NO5/c1-18-7-2-3-8-9(6-7)13(5-4-10(14)15)12(17)11(8)16/h2-3,6H,4-5H2,1H3,(H,14,15). The first kappa shape index (κ1) is 12.1. The van der Waals surface area contributed by atoms with Crippen LogP contribution >= 0.6 is 0 Å². The number of anilines is 1. The smallest absolute Gasteiger partial charge is 0.305 e. The van der Waals surface area contributed by atoms with E-state index in [4.69, 9.17) is 9.84 Å². The Bertz CT molecular complexity index is 537. The van der Waals surface area contributed by atoms with Crippen molar-refractivity contribution < 1.29 is 24.2 Å². The molecule has 0 unspecified atom stereocenters. The molecular weight excluding hydrogens is 238 g/mol. The van der Waals surface area contributed by atoms with Crippen molar-refractivity contribution in [2.75, 3.05) is 18.6 Å². The van der Waals surface area contributed by atoms with Crippen molar-refractivity contribution in [1.29, 1.82) is 0 Å². The molecule has 6 heteroatoms. The minimum absolute atomic E-state index is 0.0277. The molecule has 0 aliphatic carbocycles. The number of carboxylic acid groups (broad SMARTS) is 1. The van der Waals surface area contributed by atoms with Crippen molar-refractivity contribution in [2.45, 2.75) is 6.42 Å². The van der Waals surface area contributed by atoms with Crippen LogP contribution in [0.1, 0.15) is 16.8 Å². The van der Waals surface area contributed by atoms with E-state index in [2.05, 4.69) is 0 Å². The molecule has 0 fully saturated rings. The van der Waals surface area contributed by atoms with Gasteiger partial charge in [0.25, 0.3) is 11.7 Å². The Morgan fingerprint density at radius 3 is 2.72 bits per heavy atom. The van der Waals surface area contributed by atoms with Gasteiger partial charge in [0.2, 0.25) is 0 Å². The fraction of sp³-hybridized carbons (Fsp3) is 0.250. The predicted molar refractivity (Wildman–Crippen MR) is 61.9 cm³/mol. The fourth-order valence-corrected chi connectivity index (χ4v) is 1.83. The van der Waals surface area contributed by atoms with Gasteiger partial charge in [-0.05, 0) is 12.1 Å².